The zero-order valence-electron chi connectivity index (χ0n) is 9.26. The first kappa shape index (κ1) is 14.2. The summed E-state index contributed by atoms with van der Waals surface area (Å²) >= 11 is 0. The number of carbonyl (C=O) groups is 1. The fourth-order valence-electron chi connectivity index (χ4n) is 1.43. The van der Waals surface area contributed by atoms with Crippen molar-refractivity contribution in [1.29, 1.82) is 0 Å². The molecule has 90 valence electrons. The van der Waals surface area contributed by atoms with Crippen LogP contribution in [0.15, 0.2) is 0 Å². The number of alkyl halides is 2. The fraction of sp³-hybridized carbons (Fsp3) is 0.889. The van der Waals surface area contributed by atoms with E-state index in [1.54, 1.807) is 6.92 Å². The van der Waals surface area contributed by atoms with Gasteiger partial charge in [0.15, 0.2) is 0 Å². The second-order valence-electron chi connectivity index (χ2n) is 3.76. The topological polar surface area (TPSA) is 52.6 Å². The Bertz CT molecular complexity index is 214. The summed E-state index contributed by atoms with van der Waals surface area (Å²) in [6.45, 7) is 3.36. The van der Waals surface area contributed by atoms with Crippen molar-refractivity contribution < 1.29 is 18.7 Å². The number of aliphatic carboxylic acids is 1. The van der Waals surface area contributed by atoms with Crippen molar-refractivity contribution >= 4 is 5.97 Å². The molecule has 0 bridgehead atoms. The second kappa shape index (κ2) is 5.97. The lowest BCUT2D eigenvalue weighted by Crippen LogP contribution is -2.56. The van der Waals surface area contributed by atoms with Gasteiger partial charge >= 0.3 is 5.97 Å². The molecule has 0 aromatic carbocycles. The first-order valence-electron chi connectivity index (χ1n) is 4.77. The molecular formula is C9H18F2N2O2. The normalized spacial score (nSPS) is 15.7. The molecule has 4 nitrogen and oxygen atoms in total. The quantitative estimate of drug-likeness (QED) is 0.666. The molecule has 0 aliphatic rings. The third-order valence-electron chi connectivity index (χ3n) is 2.07. The number of likely N-dealkylation sites (N-methyl/N-ethyl adjacent to an activating group) is 2. The maximum absolute atomic E-state index is 12.0. The molecule has 2 N–H and O–H groups in total. The van der Waals surface area contributed by atoms with E-state index in [1.807, 2.05) is 0 Å². The predicted molar refractivity (Wildman–Crippen MR) is 53.2 cm³/mol. The van der Waals surface area contributed by atoms with E-state index in [2.05, 4.69) is 5.32 Å². The maximum Gasteiger partial charge on any atom is 0.324 e. The second-order valence-corrected chi connectivity index (χ2v) is 3.76. The van der Waals surface area contributed by atoms with Crippen molar-refractivity contribution in [1.82, 2.24) is 10.2 Å². The molecule has 0 rings (SSSR count). The van der Waals surface area contributed by atoms with E-state index < -0.39 is 24.5 Å². The average molecular weight is 224 g/mol. The number of carboxylic acid groups (broad SMARTS) is 1. The monoisotopic (exact) mass is 224 g/mol. The van der Waals surface area contributed by atoms with Gasteiger partial charge in [-0.3, -0.25) is 9.69 Å². The summed E-state index contributed by atoms with van der Waals surface area (Å²) in [5, 5.41) is 11.7. The van der Waals surface area contributed by atoms with E-state index in [1.165, 1.54) is 18.9 Å². The number of rotatable bonds is 7. The summed E-state index contributed by atoms with van der Waals surface area (Å²) in [4.78, 5) is 12.3. The number of hydrogen-bond acceptors (Lipinski definition) is 3. The molecular weight excluding hydrogens is 206 g/mol. The van der Waals surface area contributed by atoms with Gasteiger partial charge in [-0.1, -0.05) is 6.92 Å². The number of halogens is 2. The van der Waals surface area contributed by atoms with E-state index >= 15 is 0 Å². The van der Waals surface area contributed by atoms with Gasteiger partial charge < -0.3 is 10.4 Å². The number of nitrogens with one attached hydrogen (secondary N) is 1. The largest absolute Gasteiger partial charge is 0.480 e. The Hall–Kier alpha value is -0.750. The molecule has 0 saturated heterocycles. The standard InChI is InChI=1S/C9H18F2N2O2/c1-4-12-9(2,8(14)15)6-13(3)5-7(10)11/h7,12H,4-6H2,1-3H3,(H,14,15). The maximum atomic E-state index is 12.0. The SMILES string of the molecule is CCNC(C)(CN(C)CC(F)F)C(=O)O. The van der Waals surface area contributed by atoms with Gasteiger partial charge in [-0.2, -0.15) is 0 Å². The molecule has 6 heteroatoms. The minimum absolute atomic E-state index is 0.0422. The lowest BCUT2D eigenvalue weighted by atomic mass is 10.0. The van der Waals surface area contributed by atoms with E-state index in [4.69, 9.17) is 5.11 Å². The first-order valence-corrected chi connectivity index (χ1v) is 4.77. The Balaban J connectivity index is 4.34. The lowest BCUT2D eigenvalue weighted by Gasteiger charge is -2.30. The van der Waals surface area contributed by atoms with Crippen LogP contribution in [0.1, 0.15) is 13.8 Å². The molecule has 1 unspecified atom stereocenters. The molecule has 1 atom stereocenters. The third kappa shape index (κ3) is 5.03. The molecule has 0 spiro atoms. The Morgan fingerprint density at radius 3 is 2.47 bits per heavy atom. The minimum Gasteiger partial charge on any atom is -0.480 e. The lowest BCUT2D eigenvalue weighted by molar-refractivity contribution is -0.145. The highest BCUT2D eigenvalue weighted by Crippen LogP contribution is 2.07. The van der Waals surface area contributed by atoms with Crippen LogP contribution in [0.2, 0.25) is 0 Å². The van der Waals surface area contributed by atoms with E-state index in [-0.39, 0.29) is 6.54 Å². The Labute approximate surface area is 88.3 Å². The molecule has 0 aromatic heterocycles. The van der Waals surface area contributed by atoms with Gasteiger partial charge in [-0.15, -0.1) is 0 Å². The van der Waals surface area contributed by atoms with Gasteiger partial charge in [0, 0.05) is 6.54 Å². The van der Waals surface area contributed by atoms with Crippen LogP contribution in [0.4, 0.5) is 8.78 Å². The highest BCUT2D eigenvalue weighted by atomic mass is 19.3. The molecule has 0 aromatic rings. The van der Waals surface area contributed by atoms with Crippen LogP contribution in [0.3, 0.4) is 0 Å². The van der Waals surface area contributed by atoms with Gasteiger partial charge in [-0.25, -0.2) is 8.78 Å². The van der Waals surface area contributed by atoms with Crippen molar-refractivity contribution in [2.45, 2.75) is 25.8 Å². The Morgan fingerprint density at radius 1 is 1.60 bits per heavy atom. The van der Waals surface area contributed by atoms with Gasteiger partial charge in [0.2, 0.25) is 0 Å². The summed E-state index contributed by atoms with van der Waals surface area (Å²) in [5.41, 5.74) is -1.18. The zero-order valence-corrected chi connectivity index (χ0v) is 9.26. The summed E-state index contributed by atoms with van der Waals surface area (Å²) < 4.78 is 24.1. The summed E-state index contributed by atoms with van der Waals surface area (Å²) in [6.07, 6.45) is -2.45. The minimum atomic E-state index is -2.45. The van der Waals surface area contributed by atoms with Crippen LogP contribution < -0.4 is 5.32 Å². The molecule has 15 heavy (non-hydrogen) atoms. The molecule has 0 amide bonds. The Morgan fingerprint density at radius 2 is 2.13 bits per heavy atom. The molecule has 0 fully saturated rings. The summed E-state index contributed by atoms with van der Waals surface area (Å²) in [5.74, 6) is -1.04. The van der Waals surface area contributed by atoms with Crippen LogP contribution >= 0.6 is 0 Å². The fourth-order valence-corrected chi connectivity index (χ4v) is 1.43. The molecule has 0 heterocycles. The third-order valence-corrected chi connectivity index (χ3v) is 2.07. The van der Waals surface area contributed by atoms with Crippen LogP contribution in [0.5, 0.6) is 0 Å². The van der Waals surface area contributed by atoms with Crippen molar-refractivity contribution in [3.8, 4) is 0 Å². The van der Waals surface area contributed by atoms with E-state index in [0.29, 0.717) is 6.54 Å². The highest BCUT2D eigenvalue weighted by Gasteiger charge is 2.33. The van der Waals surface area contributed by atoms with E-state index in [0.717, 1.165) is 0 Å². The van der Waals surface area contributed by atoms with Crippen LogP contribution in [-0.4, -0.2) is 54.6 Å². The van der Waals surface area contributed by atoms with Gasteiger partial charge in [0.25, 0.3) is 6.43 Å². The molecule has 0 aliphatic heterocycles. The van der Waals surface area contributed by atoms with Crippen molar-refractivity contribution in [3.63, 3.8) is 0 Å². The van der Waals surface area contributed by atoms with Crippen molar-refractivity contribution in [2.75, 3.05) is 26.7 Å². The summed E-state index contributed by atoms with van der Waals surface area (Å²) in [7, 11) is 1.48. The highest BCUT2D eigenvalue weighted by molar-refractivity contribution is 5.78. The smallest absolute Gasteiger partial charge is 0.324 e. The number of hydrogen-bond donors (Lipinski definition) is 2. The van der Waals surface area contributed by atoms with Gasteiger partial charge in [-0.05, 0) is 20.5 Å². The molecule has 0 saturated carbocycles. The van der Waals surface area contributed by atoms with E-state index in [9.17, 15) is 13.6 Å². The predicted octanol–water partition coefficient (Wildman–Crippen LogP) is 0.636. The molecule has 0 aliphatic carbocycles. The van der Waals surface area contributed by atoms with Gasteiger partial charge in [0.05, 0.1) is 6.54 Å². The number of nitrogens with zero attached hydrogens (tertiary/aromatic N) is 1. The number of carboxylic acids is 1. The van der Waals surface area contributed by atoms with Crippen LogP contribution in [0.25, 0.3) is 0 Å². The average Bonchev–Trinajstić information content (AvgIpc) is 2.01. The zero-order chi connectivity index (χ0) is 12.1. The van der Waals surface area contributed by atoms with Crippen LogP contribution in [0, 0.1) is 0 Å². The van der Waals surface area contributed by atoms with Crippen molar-refractivity contribution in [2.24, 2.45) is 0 Å². The summed E-state index contributed by atoms with van der Waals surface area (Å²) in [6, 6.07) is 0. The Kier molecular flexibility index (Phi) is 5.67. The first-order chi connectivity index (χ1) is 6.81. The van der Waals surface area contributed by atoms with Crippen molar-refractivity contribution in [3.05, 3.63) is 0 Å². The van der Waals surface area contributed by atoms with Gasteiger partial charge in [0.1, 0.15) is 5.54 Å². The molecule has 0 radical (unpaired) electrons. The van der Waals surface area contributed by atoms with Crippen LogP contribution in [-0.2, 0) is 4.79 Å².